The van der Waals surface area contributed by atoms with Crippen LogP contribution in [0.3, 0.4) is 0 Å². The molecule has 0 bridgehead atoms. The smallest absolute Gasteiger partial charge is 0.420 e. The van der Waals surface area contributed by atoms with Crippen molar-refractivity contribution in [3.05, 3.63) is 88.1 Å². The Labute approximate surface area is 237 Å². The highest BCUT2D eigenvalue weighted by atomic mass is 35.5. The molecule has 1 amide bonds. The summed E-state index contributed by atoms with van der Waals surface area (Å²) in [6.45, 7) is 7.24. The molecular formula is C30H27ClF6N2O2. The van der Waals surface area contributed by atoms with E-state index in [1.165, 1.54) is 18.2 Å². The lowest BCUT2D eigenvalue weighted by molar-refractivity contribution is -0.145. The molecule has 1 heterocycles. The summed E-state index contributed by atoms with van der Waals surface area (Å²) in [4.78, 5) is 16.2. The predicted octanol–water partition coefficient (Wildman–Crippen LogP) is 10.2. The number of aromatic nitrogens is 1. The Balaban J connectivity index is 1.79. The molecule has 0 spiro atoms. The summed E-state index contributed by atoms with van der Waals surface area (Å²) in [6, 6.07) is 11.4. The molecule has 4 nitrogen and oxygen atoms in total. The molecule has 1 aromatic heterocycles. The van der Waals surface area contributed by atoms with Gasteiger partial charge in [0.1, 0.15) is 16.9 Å². The number of nitrogens with one attached hydrogen (secondary N) is 2. The maximum atomic E-state index is 14.2. The van der Waals surface area contributed by atoms with Crippen LogP contribution < -0.4 is 10.1 Å². The van der Waals surface area contributed by atoms with E-state index in [0.717, 1.165) is 5.56 Å². The van der Waals surface area contributed by atoms with Crippen LogP contribution in [0.15, 0.2) is 60.8 Å². The van der Waals surface area contributed by atoms with Gasteiger partial charge in [-0.1, -0.05) is 51.4 Å². The zero-order valence-corrected chi connectivity index (χ0v) is 23.2. The van der Waals surface area contributed by atoms with E-state index in [-0.39, 0.29) is 17.6 Å². The zero-order chi connectivity index (χ0) is 30.3. The van der Waals surface area contributed by atoms with Gasteiger partial charge in [-0.25, -0.2) is 0 Å². The molecule has 1 atom stereocenters. The molecule has 0 aliphatic rings. The molecule has 4 rings (SSSR count). The third-order valence-corrected chi connectivity index (χ3v) is 6.92. The number of hydrogen-bond acceptors (Lipinski definition) is 2. The van der Waals surface area contributed by atoms with Gasteiger partial charge in [0, 0.05) is 27.8 Å². The Morgan fingerprint density at radius 1 is 0.878 bits per heavy atom. The molecule has 41 heavy (non-hydrogen) atoms. The fraction of sp³-hybridized carbons (Fsp3) is 0.300. The van der Waals surface area contributed by atoms with Gasteiger partial charge in [0.05, 0.1) is 5.92 Å². The van der Waals surface area contributed by atoms with E-state index in [2.05, 4.69) is 10.3 Å². The highest BCUT2D eigenvalue weighted by Crippen LogP contribution is 2.48. The van der Waals surface area contributed by atoms with Crippen molar-refractivity contribution < 1.29 is 35.9 Å². The molecule has 4 aromatic rings. The van der Waals surface area contributed by atoms with Gasteiger partial charge in [-0.15, -0.1) is 0 Å². The first-order valence-electron chi connectivity index (χ1n) is 12.7. The van der Waals surface area contributed by atoms with Gasteiger partial charge in [-0.2, -0.15) is 26.3 Å². The van der Waals surface area contributed by atoms with Crippen LogP contribution in [0.5, 0.6) is 11.5 Å². The van der Waals surface area contributed by atoms with Crippen molar-refractivity contribution in [2.24, 2.45) is 5.92 Å². The first kappa shape index (κ1) is 30.3. The van der Waals surface area contributed by atoms with Crippen LogP contribution in [-0.2, 0) is 17.1 Å². The van der Waals surface area contributed by atoms with Gasteiger partial charge in [-0.3, -0.25) is 4.79 Å². The van der Waals surface area contributed by atoms with Gasteiger partial charge < -0.3 is 15.0 Å². The lowest BCUT2D eigenvalue weighted by atomic mass is 9.87. The minimum Gasteiger partial charge on any atom is -0.456 e. The number of carbonyl (C=O) groups excluding carboxylic acids is 1. The SMILES string of the molecule is CC(C)c1c[nH]c2ccc(Oc3c(C(F)(F)F)cc(NC(=O)C(c4ccc(Cl)cc4)C(C)C)cc3C(F)(F)F)cc12. The topological polar surface area (TPSA) is 54.1 Å². The number of fused-ring (bicyclic) bond motifs is 1. The summed E-state index contributed by atoms with van der Waals surface area (Å²) in [5.74, 6) is -3.52. The van der Waals surface area contributed by atoms with Crippen LogP contribution in [0, 0.1) is 5.92 Å². The normalized spacial score (nSPS) is 13.2. The fourth-order valence-corrected chi connectivity index (χ4v) is 4.87. The van der Waals surface area contributed by atoms with Gasteiger partial charge >= 0.3 is 12.4 Å². The Morgan fingerprint density at radius 3 is 1.98 bits per heavy atom. The number of anilines is 1. The van der Waals surface area contributed by atoms with E-state index in [4.69, 9.17) is 16.3 Å². The monoisotopic (exact) mass is 596 g/mol. The number of hydrogen-bond donors (Lipinski definition) is 2. The first-order valence-corrected chi connectivity index (χ1v) is 13.1. The summed E-state index contributed by atoms with van der Waals surface area (Å²) in [6.07, 6.45) is -8.73. The van der Waals surface area contributed by atoms with Gasteiger partial charge in [0.2, 0.25) is 5.91 Å². The van der Waals surface area contributed by atoms with E-state index in [0.29, 0.717) is 33.6 Å². The van der Waals surface area contributed by atoms with Crippen molar-refractivity contribution in [1.82, 2.24) is 4.98 Å². The van der Waals surface area contributed by atoms with Crippen LogP contribution in [0.4, 0.5) is 32.0 Å². The second-order valence-corrected chi connectivity index (χ2v) is 10.8. The van der Waals surface area contributed by atoms with Gasteiger partial charge in [-0.05, 0) is 65.4 Å². The molecule has 0 aliphatic heterocycles. The maximum Gasteiger partial charge on any atom is 0.420 e. The Bertz CT molecular complexity index is 1520. The molecule has 11 heteroatoms. The summed E-state index contributed by atoms with van der Waals surface area (Å²) < 4.78 is 90.7. The second kappa shape index (κ2) is 11.3. The third kappa shape index (κ3) is 6.64. The first-order chi connectivity index (χ1) is 19.1. The van der Waals surface area contributed by atoms with Gasteiger partial charge in [0.15, 0.2) is 5.75 Å². The van der Waals surface area contributed by atoms with Crippen molar-refractivity contribution in [3.63, 3.8) is 0 Å². The molecule has 0 aliphatic carbocycles. The standard InChI is InChI=1S/C30H27ClF6N2O2/c1-15(2)22-14-38-25-10-9-20(13-21(22)25)41-27-23(29(32,33)34)11-19(12-24(27)30(35,36)37)39-28(40)26(16(3)4)17-5-7-18(31)8-6-17/h5-16,26,38H,1-4H3,(H,39,40). The number of carbonyl (C=O) groups is 1. The van der Waals surface area contributed by atoms with Crippen LogP contribution in [-0.4, -0.2) is 10.9 Å². The summed E-state index contributed by atoms with van der Waals surface area (Å²) in [5, 5.41) is 3.29. The summed E-state index contributed by atoms with van der Waals surface area (Å²) in [7, 11) is 0. The van der Waals surface area contributed by atoms with E-state index < -0.39 is 46.7 Å². The van der Waals surface area contributed by atoms with E-state index >= 15 is 0 Å². The number of ether oxygens (including phenoxy) is 1. The molecule has 0 radical (unpaired) electrons. The molecule has 1 unspecified atom stereocenters. The van der Waals surface area contributed by atoms with Crippen molar-refractivity contribution in [2.45, 2.75) is 51.9 Å². The number of halogens is 7. The molecule has 0 saturated carbocycles. The number of aromatic amines is 1. The fourth-order valence-electron chi connectivity index (χ4n) is 4.74. The largest absolute Gasteiger partial charge is 0.456 e. The molecule has 218 valence electrons. The molecule has 2 N–H and O–H groups in total. The lowest BCUT2D eigenvalue weighted by Gasteiger charge is -2.23. The second-order valence-electron chi connectivity index (χ2n) is 10.4. The average Bonchev–Trinajstić information content (AvgIpc) is 3.28. The Hall–Kier alpha value is -3.66. The summed E-state index contributed by atoms with van der Waals surface area (Å²) in [5.41, 5.74) is -2.01. The number of H-pyrrole nitrogens is 1. The van der Waals surface area contributed by atoms with E-state index in [1.54, 1.807) is 44.3 Å². The zero-order valence-electron chi connectivity index (χ0n) is 22.5. The lowest BCUT2D eigenvalue weighted by Crippen LogP contribution is -2.26. The van der Waals surface area contributed by atoms with Crippen LogP contribution in [0.25, 0.3) is 10.9 Å². The maximum absolute atomic E-state index is 14.2. The van der Waals surface area contributed by atoms with Crippen molar-refractivity contribution in [3.8, 4) is 11.5 Å². The van der Waals surface area contributed by atoms with Crippen molar-refractivity contribution >= 4 is 34.1 Å². The quantitative estimate of drug-likeness (QED) is 0.209. The van der Waals surface area contributed by atoms with E-state index in [9.17, 15) is 31.1 Å². The molecule has 3 aromatic carbocycles. The Morgan fingerprint density at radius 2 is 1.46 bits per heavy atom. The number of alkyl halides is 6. The van der Waals surface area contributed by atoms with Crippen LogP contribution >= 0.6 is 11.6 Å². The van der Waals surface area contributed by atoms with Crippen molar-refractivity contribution in [1.29, 1.82) is 0 Å². The molecule has 0 fully saturated rings. The minimum atomic E-state index is -5.23. The Kier molecular flexibility index (Phi) is 8.36. The average molecular weight is 597 g/mol. The minimum absolute atomic E-state index is 0.0425. The predicted molar refractivity (Wildman–Crippen MR) is 147 cm³/mol. The summed E-state index contributed by atoms with van der Waals surface area (Å²) >= 11 is 5.92. The molecular weight excluding hydrogens is 570 g/mol. The number of amides is 1. The van der Waals surface area contributed by atoms with Crippen LogP contribution in [0.2, 0.25) is 5.02 Å². The number of benzene rings is 3. The van der Waals surface area contributed by atoms with Crippen molar-refractivity contribution in [2.75, 3.05) is 5.32 Å². The highest BCUT2D eigenvalue weighted by molar-refractivity contribution is 6.30. The number of rotatable bonds is 7. The highest BCUT2D eigenvalue weighted by Gasteiger charge is 2.43. The van der Waals surface area contributed by atoms with Gasteiger partial charge in [0.25, 0.3) is 0 Å². The molecule has 0 saturated heterocycles. The van der Waals surface area contributed by atoms with E-state index in [1.807, 2.05) is 13.8 Å². The third-order valence-electron chi connectivity index (χ3n) is 6.67. The van der Waals surface area contributed by atoms with Crippen LogP contribution in [0.1, 0.15) is 61.8 Å².